The molecule has 1 saturated heterocycles. The Morgan fingerprint density at radius 1 is 1.00 bits per heavy atom. The van der Waals surface area contributed by atoms with Gasteiger partial charge in [-0.05, 0) is 130 Å². The zero-order valence-corrected chi connectivity index (χ0v) is 29.5. The van der Waals surface area contributed by atoms with Gasteiger partial charge >= 0.3 is 0 Å². The lowest BCUT2D eigenvalue weighted by Gasteiger charge is -2.69. The molecule has 0 radical (unpaired) electrons. The van der Waals surface area contributed by atoms with Crippen molar-refractivity contribution in [2.75, 3.05) is 7.05 Å². The number of phenols is 1. The zero-order chi connectivity index (χ0) is 33.2. The molecule has 3 N–H and O–H groups in total. The van der Waals surface area contributed by atoms with Crippen LogP contribution in [0.1, 0.15) is 124 Å². The van der Waals surface area contributed by atoms with Gasteiger partial charge in [-0.25, -0.2) is 0 Å². The molecule has 7 rings (SSSR count). The van der Waals surface area contributed by atoms with E-state index in [1.807, 2.05) is 33.0 Å². The summed E-state index contributed by atoms with van der Waals surface area (Å²) < 4.78 is 5.78. The quantitative estimate of drug-likeness (QED) is 0.276. The maximum atomic E-state index is 15.1. The van der Waals surface area contributed by atoms with Gasteiger partial charge in [0.05, 0.1) is 17.1 Å². The fourth-order valence-corrected chi connectivity index (χ4v) is 13.3. The van der Waals surface area contributed by atoms with Crippen molar-refractivity contribution in [2.45, 2.75) is 142 Å². The smallest absolute Gasteiger partial charge is 0.160 e. The van der Waals surface area contributed by atoms with Gasteiger partial charge in [0, 0.05) is 23.8 Å². The number of carbonyl (C=O) groups is 2. The van der Waals surface area contributed by atoms with E-state index in [-0.39, 0.29) is 51.3 Å². The molecule has 5 fully saturated rings. The van der Waals surface area contributed by atoms with Gasteiger partial charge in [-0.1, -0.05) is 52.7 Å². The van der Waals surface area contributed by atoms with Crippen molar-refractivity contribution < 1.29 is 24.5 Å². The van der Waals surface area contributed by atoms with E-state index in [2.05, 4.69) is 46.0 Å². The molecule has 0 amide bonds. The van der Waals surface area contributed by atoms with E-state index >= 15 is 4.79 Å². The van der Waals surface area contributed by atoms with Crippen molar-refractivity contribution in [3.63, 3.8) is 0 Å². The Kier molecular flexibility index (Phi) is 7.24. The molecule has 1 aliphatic heterocycles. The monoisotopic (exact) mass is 631 g/mol. The predicted molar refractivity (Wildman–Crippen MR) is 179 cm³/mol. The highest BCUT2D eigenvalue weighted by molar-refractivity contribution is 6.01. The first-order chi connectivity index (χ1) is 21.5. The van der Waals surface area contributed by atoms with Crippen LogP contribution in [0.25, 0.3) is 0 Å². The van der Waals surface area contributed by atoms with Crippen LogP contribution in [0, 0.1) is 39.4 Å². The highest BCUT2D eigenvalue weighted by Crippen LogP contribution is 2.77. The molecule has 1 spiro atoms. The molecular formula is C40H57NO5. The zero-order valence-electron chi connectivity index (χ0n) is 29.5. The SMILES string of the molecule is CNCc1cc(O)cc(C23CCCC45CC(=O)C(C(C)CC(O)C6OC6(C)C)=C4CCC4C(C)(C2)C(CCC45C)C(C)(C)C3=O)c1. The number of aliphatic hydroxyl groups is 1. The van der Waals surface area contributed by atoms with Crippen molar-refractivity contribution in [3.05, 3.63) is 40.5 Å². The largest absolute Gasteiger partial charge is 0.508 e. The van der Waals surface area contributed by atoms with Crippen LogP contribution in [-0.2, 0) is 26.3 Å². The van der Waals surface area contributed by atoms with Crippen LogP contribution < -0.4 is 5.32 Å². The second kappa shape index (κ2) is 10.2. The van der Waals surface area contributed by atoms with Crippen LogP contribution >= 0.6 is 0 Å². The summed E-state index contributed by atoms with van der Waals surface area (Å²) in [4.78, 5) is 29.4. The number of Topliss-reactive ketones (excluding diaryl/α,β-unsaturated/α-hetero) is 2. The highest BCUT2D eigenvalue weighted by Gasteiger charge is 2.73. The molecule has 9 unspecified atom stereocenters. The second-order valence-electron chi connectivity index (χ2n) is 18.1. The van der Waals surface area contributed by atoms with Crippen molar-refractivity contribution in [1.82, 2.24) is 5.32 Å². The van der Waals surface area contributed by atoms with E-state index in [9.17, 15) is 15.0 Å². The molecule has 6 nitrogen and oxygen atoms in total. The summed E-state index contributed by atoms with van der Waals surface area (Å²) in [7, 11) is 1.91. The van der Waals surface area contributed by atoms with Crippen LogP contribution in [-0.4, -0.2) is 46.6 Å². The number of aliphatic hydroxyl groups excluding tert-OH is 1. The number of ether oxygens (including phenoxy) is 1. The third kappa shape index (κ3) is 4.24. The summed E-state index contributed by atoms with van der Waals surface area (Å²) >= 11 is 0. The van der Waals surface area contributed by atoms with Gasteiger partial charge in [0.1, 0.15) is 17.6 Å². The molecule has 1 aromatic rings. The number of ketones is 2. The molecule has 5 bridgehead atoms. The summed E-state index contributed by atoms with van der Waals surface area (Å²) in [6.07, 6.45) is 7.74. The molecule has 0 aromatic heterocycles. The van der Waals surface area contributed by atoms with Gasteiger partial charge in [0.15, 0.2) is 5.78 Å². The van der Waals surface area contributed by atoms with Crippen molar-refractivity contribution in [1.29, 1.82) is 0 Å². The maximum Gasteiger partial charge on any atom is 0.160 e. The van der Waals surface area contributed by atoms with Gasteiger partial charge in [-0.15, -0.1) is 0 Å². The van der Waals surface area contributed by atoms with E-state index in [1.165, 1.54) is 5.57 Å². The highest BCUT2D eigenvalue weighted by atomic mass is 16.6. The van der Waals surface area contributed by atoms with Gasteiger partial charge in [0.25, 0.3) is 0 Å². The third-order valence-electron chi connectivity index (χ3n) is 14.9. The average molecular weight is 632 g/mol. The van der Waals surface area contributed by atoms with E-state index < -0.39 is 16.9 Å². The van der Waals surface area contributed by atoms with Gasteiger partial charge < -0.3 is 20.3 Å². The summed E-state index contributed by atoms with van der Waals surface area (Å²) in [6, 6.07) is 5.87. The number of phenolic OH excluding ortho intramolecular Hbond substituents is 1. The van der Waals surface area contributed by atoms with Crippen LogP contribution in [0.15, 0.2) is 29.3 Å². The third-order valence-corrected chi connectivity index (χ3v) is 14.9. The molecule has 6 aliphatic rings. The molecule has 252 valence electrons. The molecule has 1 aromatic carbocycles. The van der Waals surface area contributed by atoms with Crippen LogP contribution in [0.2, 0.25) is 0 Å². The minimum Gasteiger partial charge on any atom is -0.508 e. The molecule has 9 atom stereocenters. The Morgan fingerprint density at radius 3 is 2.39 bits per heavy atom. The van der Waals surface area contributed by atoms with Crippen LogP contribution in [0.4, 0.5) is 0 Å². The number of epoxide rings is 1. The average Bonchev–Trinajstić information content (AvgIpc) is 3.49. The van der Waals surface area contributed by atoms with E-state index in [0.29, 0.717) is 31.1 Å². The maximum absolute atomic E-state index is 15.1. The fourth-order valence-electron chi connectivity index (χ4n) is 13.3. The first-order valence-electron chi connectivity index (χ1n) is 18.1. The van der Waals surface area contributed by atoms with Crippen molar-refractivity contribution >= 4 is 11.6 Å². The number of fused-ring (bicyclic) bond motifs is 1. The first-order valence-corrected chi connectivity index (χ1v) is 18.1. The van der Waals surface area contributed by atoms with Crippen molar-refractivity contribution in [2.24, 2.45) is 39.4 Å². The number of hydrogen-bond donors (Lipinski definition) is 3. The Morgan fingerprint density at radius 2 is 1.72 bits per heavy atom. The van der Waals surface area contributed by atoms with Gasteiger partial charge in [-0.3, -0.25) is 9.59 Å². The summed E-state index contributed by atoms with van der Waals surface area (Å²) in [5.74, 6) is 1.52. The van der Waals surface area contributed by atoms with Crippen molar-refractivity contribution in [3.8, 4) is 5.75 Å². The lowest BCUT2D eigenvalue weighted by atomic mass is 9.34. The van der Waals surface area contributed by atoms with Gasteiger partial charge in [-0.2, -0.15) is 0 Å². The summed E-state index contributed by atoms with van der Waals surface area (Å²) in [6.45, 7) is 16.3. The minimum atomic E-state index is -0.674. The number of allylic oxidation sites excluding steroid dienone is 2. The van der Waals surface area contributed by atoms with E-state index in [4.69, 9.17) is 4.74 Å². The minimum absolute atomic E-state index is 0.0134. The van der Waals surface area contributed by atoms with Crippen LogP contribution in [0.3, 0.4) is 0 Å². The standard InChI is InChI=1S/C40H57NO5/c1-23(16-28(43)33-36(4,5)46-33)32-27-10-11-31-37(6)22-39(25-17-24(21-41-8)18-26(42)19-25)13-9-14-40(27,20-29(32)44)38(31,7)15-12-30(37)35(2,3)34(39)45/h17-19,23,28,30-31,33,41-43H,9-16,20-22H2,1-8H3. The Balaban J connectivity index is 1.35. The fraction of sp³-hybridized carbons (Fsp3) is 0.750. The Hall–Kier alpha value is -2.02. The Bertz CT molecular complexity index is 1510. The number of nitrogens with one attached hydrogen (secondary N) is 1. The predicted octanol–water partition coefficient (Wildman–Crippen LogP) is 7.19. The second-order valence-corrected chi connectivity index (χ2v) is 18.1. The Labute approximate surface area is 276 Å². The lowest BCUT2D eigenvalue weighted by molar-refractivity contribution is -0.191. The number of carbonyl (C=O) groups excluding carboxylic acids is 2. The normalized spacial score (nSPS) is 41.8. The number of rotatable bonds is 7. The molecule has 5 aliphatic carbocycles. The molecular weight excluding hydrogens is 574 g/mol. The van der Waals surface area contributed by atoms with Gasteiger partial charge in [0.2, 0.25) is 0 Å². The summed E-state index contributed by atoms with van der Waals surface area (Å²) in [5.41, 5.74) is 2.59. The topological polar surface area (TPSA) is 99.2 Å². The van der Waals surface area contributed by atoms with E-state index in [1.54, 1.807) is 0 Å². The number of hydrogen-bond acceptors (Lipinski definition) is 6. The first kappa shape index (κ1) is 32.5. The summed E-state index contributed by atoms with van der Waals surface area (Å²) in [5, 5.41) is 25.3. The van der Waals surface area contributed by atoms with E-state index in [0.717, 1.165) is 68.1 Å². The lowest BCUT2D eigenvalue weighted by Crippen LogP contribution is -2.66. The number of aromatic hydroxyl groups is 1. The molecule has 6 heteroatoms. The molecule has 1 heterocycles. The molecule has 4 saturated carbocycles. The van der Waals surface area contributed by atoms with Crippen LogP contribution in [0.5, 0.6) is 5.75 Å². The number of benzene rings is 1. The molecule has 46 heavy (non-hydrogen) atoms.